The third-order valence-corrected chi connectivity index (χ3v) is 4.04. The highest BCUT2D eigenvalue weighted by Gasteiger charge is 2.15. The van der Waals surface area contributed by atoms with Gasteiger partial charge in [-0.25, -0.2) is 0 Å². The van der Waals surface area contributed by atoms with Gasteiger partial charge in [0, 0.05) is 12.7 Å². The Balaban J connectivity index is 1.88. The Morgan fingerprint density at radius 1 is 1.11 bits per heavy atom. The quantitative estimate of drug-likeness (QED) is 0.759. The molecule has 0 saturated heterocycles. The number of methoxy groups -OCH3 is 1. The Morgan fingerprint density at radius 2 is 1.82 bits per heavy atom. The number of benzene rings is 2. The monoisotopic (exact) mass is 382 g/mol. The maximum absolute atomic E-state index is 12.3. The zero-order chi connectivity index (χ0) is 20.5. The normalized spacial score (nSPS) is 10.6. The van der Waals surface area contributed by atoms with Crippen LogP contribution in [0.5, 0.6) is 11.5 Å². The third-order valence-electron chi connectivity index (χ3n) is 4.04. The number of carbonyl (C=O) groups is 2. The number of anilines is 1. The predicted octanol–water partition coefficient (Wildman–Crippen LogP) is 3.51. The van der Waals surface area contributed by atoms with Crippen LogP contribution in [0.1, 0.15) is 18.1 Å². The molecule has 0 heterocycles. The van der Waals surface area contributed by atoms with Crippen molar-refractivity contribution in [3.05, 3.63) is 59.7 Å². The number of hydrogen-bond acceptors (Lipinski definition) is 4. The summed E-state index contributed by atoms with van der Waals surface area (Å²) in [7, 11) is 3.11. The number of rotatable bonds is 8. The summed E-state index contributed by atoms with van der Waals surface area (Å²) >= 11 is 0. The smallest absolute Gasteiger partial charge is 0.260 e. The Labute approximate surface area is 165 Å². The molecular weight excluding hydrogens is 356 g/mol. The number of aryl methyl sites for hydroxylation is 1. The summed E-state index contributed by atoms with van der Waals surface area (Å²) in [5.74, 6) is 0.441. The topological polar surface area (TPSA) is 67.9 Å². The van der Waals surface area contributed by atoms with E-state index in [1.165, 1.54) is 4.90 Å². The van der Waals surface area contributed by atoms with Crippen molar-refractivity contribution in [2.24, 2.45) is 0 Å². The molecule has 2 amide bonds. The number of nitrogens with one attached hydrogen (secondary N) is 1. The zero-order valence-electron chi connectivity index (χ0n) is 16.7. The van der Waals surface area contributed by atoms with E-state index < -0.39 is 0 Å². The number of hydrogen-bond donors (Lipinski definition) is 1. The van der Waals surface area contributed by atoms with E-state index in [1.54, 1.807) is 20.2 Å². The van der Waals surface area contributed by atoms with Crippen LogP contribution in [-0.2, 0) is 9.59 Å². The molecule has 0 radical (unpaired) electrons. The van der Waals surface area contributed by atoms with Gasteiger partial charge in [0.25, 0.3) is 5.91 Å². The predicted molar refractivity (Wildman–Crippen MR) is 111 cm³/mol. The number of nitrogens with zero attached hydrogens (tertiary/aromatic N) is 1. The Morgan fingerprint density at radius 3 is 2.46 bits per heavy atom. The highest BCUT2D eigenvalue weighted by Crippen LogP contribution is 2.28. The molecule has 2 aromatic rings. The van der Waals surface area contributed by atoms with E-state index in [4.69, 9.17) is 9.47 Å². The molecule has 0 saturated carbocycles. The maximum Gasteiger partial charge on any atom is 0.260 e. The molecule has 6 nitrogen and oxygen atoms in total. The molecule has 0 aliphatic rings. The van der Waals surface area contributed by atoms with Crippen LogP contribution in [0.2, 0.25) is 0 Å². The summed E-state index contributed by atoms with van der Waals surface area (Å²) in [6.07, 6.45) is 3.87. The van der Waals surface area contributed by atoms with Crippen LogP contribution in [0.3, 0.4) is 0 Å². The first-order chi connectivity index (χ1) is 13.4. The Kier molecular flexibility index (Phi) is 7.63. The van der Waals surface area contributed by atoms with Crippen molar-refractivity contribution in [1.82, 2.24) is 4.90 Å². The molecule has 0 aliphatic heterocycles. The second-order valence-electron chi connectivity index (χ2n) is 6.36. The first-order valence-corrected chi connectivity index (χ1v) is 8.97. The number of carbonyl (C=O) groups excluding carboxylic acids is 2. The van der Waals surface area contributed by atoms with Gasteiger partial charge in [-0.3, -0.25) is 9.59 Å². The van der Waals surface area contributed by atoms with Crippen molar-refractivity contribution in [3.63, 3.8) is 0 Å². The average Bonchev–Trinajstić information content (AvgIpc) is 2.68. The lowest BCUT2D eigenvalue weighted by Gasteiger charge is -2.18. The van der Waals surface area contributed by atoms with Crippen LogP contribution in [0.15, 0.2) is 48.5 Å². The van der Waals surface area contributed by atoms with Crippen molar-refractivity contribution in [2.45, 2.75) is 13.8 Å². The van der Waals surface area contributed by atoms with Gasteiger partial charge in [0.15, 0.2) is 18.1 Å². The summed E-state index contributed by atoms with van der Waals surface area (Å²) < 4.78 is 10.9. The highest BCUT2D eigenvalue weighted by molar-refractivity contribution is 5.94. The lowest BCUT2D eigenvalue weighted by molar-refractivity contribution is -0.135. The first-order valence-electron chi connectivity index (χ1n) is 8.97. The van der Waals surface area contributed by atoms with Crippen molar-refractivity contribution in [1.29, 1.82) is 0 Å². The van der Waals surface area contributed by atoms with Gasteiger partial charge >= 0.3 is 0 Å². The lowest BCUT2D eigenvalue weighted by Crippen LogP contribution is -2.37. The van der Waals surface area contributed by atoms with Crippen molar-refractivity contribution in [2.75, 3.05) is 32.6 Å². The van der Waals surface area contributed by atoms with Crippen LogP contribution in [0, 0.1) is 6.92 Å². The number of likely N-dealkylation sites (N-methyl/N-ethyl adjacent to an activating group) is 1. The number of ether oxygens (including phenoxy) is 2. The second-order valence-corrected chi connectivity index (χ2v) is 6.36. The number of allylic oxidation sites excluding steroid dienone is 1. The summed E-state index contributed by atoms with van der Waals surface area (Å²) in [6, 6.07) is 12.9. The fourth-order valence-corrected chi connectivity index (χ4v) is 2.49. The van der Waals surface area contributed by atoms with E-state index in [-0.39, 0.29) is 25.0 Å². The fraction of sp³-hybridized carbons (Fsp3) is 0.273. The fourth-order valence-electron chi connectivity index (χ4n) is 2.49. The van der Waals surface area contributed by atoms with Crippen LogP contribution >= 0.6 is 0 Å². The molecule has 28 heavy (non-hydrogen) atoms. The van der Waals surface area contributed by atoms with Crippen molar-refractivity contribution in [3.8, 4) is 11.5 Å². The minimum Gasteiger partial charge on any atom is -0.493 e. The Bertz CT molecular complexity index is 844. The molecule has 0 bridgehead atoms. The standard InChI is InChI=1S/C22H26N2O4/c1-5-6-17-9-12-19(20(13-17)27-4)28-15-22(26)24(3)14-21(25)23-18-10-7-16(2)8-11-18/h5-13H,14-15H2,1-4H3,(H,23,25)/b6-5+. The minimum atomic E-state index is -0.307. The molecule has 0 spiro atoms. The third kappa shape index (κ3) is 6.16. The van der Waals surface area contributed by atoms with Gasteiger partial charge in [-0.1, -0.05) is 35.9 Å². The second kappa shape index (κ2) is 10.2. The summed E-state index contributed by atoms with van der Waals surface area (Å²) in [5, 5.41) is 2.77. The highest BCUT2D eigenvalue weighted by atomic mass is 16.5. The average molecular weight is 382 g/mol. The zero-order valence-corrected chi connectivity index (χ0v) is 16.7. The van der Waals surface area contributed by atoms with E-state index in [1.807, 2.05) is 62.4 Å². The van der Waals surface area contributed by atoms with Crippen molar-refractivity contribution >= 4 is 23.6 Å². The summed E-state index contributed by atoms with van der Waals surface area (Å²) in [6.45, 7) is 3.66. The molecule has 1 N–H and O–H groups in total. The van der Waals surface area contributed by atoms with Gasteiger partial charge < -0.3 is 19.7 Å². The first kappa shape index (κ1) is 21.0. The van der Waals surface area contributed by atoms with Crippen LogP contribution in [0.4, 0.5) is 5.69 Å². The van der Waals surface area contributed by atoms with E-state index in [0.717, 1.165) is 11.1 Å². The van der Waals surface area contributed by atoms with Gasteiger partial charge in [-0.05, 0) is 43.7 Å². The molecule has 0 aliphatic carbocycles. The van der Waals surface area contributed by atoms with Gasteiger partial charge in [-0.15, -0.1) is 0 Å². The summed E-state index contributed by atoms with van der Waals surface area (Å²) in [4.78, 5) is 25.7. The number of amides is 2. The lowest BCUT2D eigenvalue weighted by atomic mass is 10.2. The largest absolute Gasteiger partial charge is 0.493 e. The van der Waals surface area contributed by atoms with Gasteiger partial charge in [0.05, 0.1) is 13.7 Å². The minimum absolute atomic E-state index is 0.0621. The SMILES string of the molecule is C/C=C/c1ccc(OCC(=O)N(C)CC(=O)Nc2ccc(C)cc2)c(OC)c1. The van der Waals surface area contributed by atoms with Crippen LogP contribution in [0.25, 0.3) is 6.08 Å². The Hall–Kier alpha value is -3.28. The van der Waals surface area contributed by atoms with E-state index in [2.05, 4.69) is 5.32 Å². The van der Waals surface area contributed by atoms with Crippen LogP contribution in [-0.4, -0.2) is 44.0 Å². The molecule has 0 aromatic heterocycles. The van der Waals surface area contributed by atoms with E-state index >= 15 is 0 Å². The van der Waals surface area contributed by atoms with Gasteiger partial charge in [-0.2, -0.15) is 0 Å². The molecular formula is C22H26N2O4. The van der Waals surface area contributed by atoms with E-state index in [0.29, 0.717) is 17.2 Å². The molecule has 6 heteroatoms. The molecule has 0 atom stereocenters. The van der Waals surface area contributed by atoms with Gasteiger partial charge in [0.1, 0.15) is 0 Å². The van der Waals surface area contributed by atoms with Crippen LogP contribution < -0.4 is 14.8 Å². The maximum atomic E-state index is 12.3. The summed E-state index contributed by atoms with van der Waals surface area (Å²) in [5.41, 5.74) is 2.78. The molecule has 148 valence electrons. The molecule has 0 fully saturated rings. The van der Waals surface area contributed by atoms with Crippen molar-refractivity contribution < 1.29 is 19.1 Å². The van der Waals surface area contributed by atoms with Gasteiger partial charge in [0.2, 0.25) is 5.91 Å². The molecule has 2 rings (SSSR count). The van der Waals surface area contributed by atoms with E-state index in [9.17, 15) is 9.59 Å². The molecule has 2 aromatic carbocycles. The molecule has 0 unspecified atom stereocenters.